The standard InChI is InChI=1S/C21H31N5O7S/c1-9(2)6-10(24-19(32)33-20(3,4)5)15(27)25-21(17(30)31)7-11(34-18-22-8-23-26-18)12-13(14(12)21)16(28)29/h8-14H,6-7H2,1-5H3,(H,24,32)(H,25,27)(H,28,29)(H,30,31)(H,22,23,26)/t10-,11-,12-,13-,14-,21-/m0/s1. The Bertz CT molecular complexity index is 948. The van der Waals surface area contributed by atoms with Crippen molar-refractivity contribution in [1.82, 2.24) is 25.8 Å². The summed E-state index contributed by atoms with van der Waals surface area (Å²) in [6, 6.07) is -1.05. The zero-order valence-electron chi connectivity index (χ0n) is 19.7. The van der Waals surface area contributed by atoms with Gasteiger partial charge in [0.15, 0.2) is 5.16 Å². The first kappa shape index (κ1) is 25.8. The van der Waals surface area contributed by atoms with E-state index in [1.165, 1.54) is 18.1 Å². The van der Waals surface area contributed by atoms with Gasteiger partial charge in [0.05, 0.1) is 5.92 Å². The van der Waals surface area contributed by atoms with E-state index >= 15 is 0 Å². The zero-order chi connectivity index (χ0) is 25.4. The van der Waals surface area contributed by atoms with Gasteiger partial charge in [-0.15, -0.1) is 0 Å². The minimum absolute atomic E-state index is 0.00485. The zero-order valence-corrected chi connectivity index (χ0v) is 20.5. The van der Waals surface area contributed by atoms with Crippen LogP contribution in [0, 0.1) is 23.7 Å². The number of carbonyl (C=O) groups excluding carboxylic acids is 2. The Kier molecular flexibility index (Phi) is 7.15. The van der Waals surface area contributed by atoms with Crippen LogP contribution in [0.1, 0.15) is 47.5 Å². The summed E-state index contributed by atoms with van der Waals surface area (Å²) in [6.45, 7) is 8.79. The number of H-pyrrole nitrogens is 1. The van der Waals surface area contributed by atoms with Crippen molar-refractivity contribution in [2.75, 3.05) is 0 Å². The van der Waals surface area contributed by atoms with Crippen LogP contribution < -0.4 is 10.6 Å². The van der Waals surface area contributed by atoms with Gasteiger partial charge < -0.3 is 25.6 Å². The van der Waals surface area contributed by atoms with Gasteiger partial charge in [0.1, 0.15) is 23.5 Å². The topological polar surface area (TPSA) is 184 Å². The molecule has 12 nitrogen and oxygen atoms in total. The molecule has 1 aromatic rings. The van der Waals surface area contributed by atoms with E-state index in [2.05, 4.69) is 25.8 Å². The molecule has 3 rings (SSSR count). The SMILES string of the molecule is CC(C)C[C@H](NC(=O)OC(C)(C)C)C(=O)N[C@@]1(C(=O)O)C[C@H](Sc2ncn[nH]2)[C@H]2[C@H](C(=O)O)[C@H]21. The van der Waals surface area contributed by atoms with Crippen LogP contribution in [0.5, 0.6) is 0 Å². The Labute approximate surface area is 201 Å². The van der Waals surface area contributed by atoms with Crippen molar-refractivity contribution in [2.45, 2.75) is 75.0 Å². The van der Waals surface area contributed by atoms with Crippen LogP contribution in [0.25, 0.3) is 0 Å². The summed E-state index contributed by atoms with van der Waals surface area (Å²) in [4.78, 5) is 54.0. The van der Waals surface area contributed by atoms with Crippen LogP contribution in [0.4, 0.5) is 4.79 Å². The van der Waals surface area contributed by atoms with Gasteiger partial charge in [-0.1, -0.05) is 25.6 Å². The Morgan fingerprint density at radius 1 is 1.29 bits per heavy atom. The molecule has 0 spiro atoms. The van der Waals surface area contributed by atoms with Crippen LogP contribution in [0.15, 0.2) is 11.5 Å². The quantitative estimate of drug-likeness (QED) is 0.335. The van der Waals surface area contributed by atoms with E-state index in [1.54, 1.807) is 20.8 Å². The molecule has 2 amide bonds. The number of hydrogen-bond acceptors (Lipinski definition) is 8. The van der Waals surface area contributed by atoms with Crippen LogP contribution in [-0.2, 0) is 19.1 Å². The maximum absolute atomic E-state index is 13.3. The van der Waals surface area contributed by atoms with Gasteiger partial charge in [0, 0.05) is 11.2 Å². The molecule has 1 heterocycles. The van der Waals surface area contributed by atoms with Crippen molar-refractivity contribution in [3.05, 3.63) is 6.33 Å². The molecule has 0 saturated heterocycles. The molecule has 1 aromatic heterocycles. The second kappa shape index (κ2) is 9.43. The van der Waals surface area contributed by atoms with Crippen molar-refractivity contribution >= 4 is 35.7 Å². The number of carbonyl (C=O) groups is 4. The third-order valence-electron chi connectivity index (χ3n) is 5.98. The molecule has 0 radical (unpaired) electrons. The second-order valence-electron chi connectivity index (χ2n) is 10.2. The van der Waals surface area contributed by atoms with E-state index in [0.29, 0.717) is 5.16 Å². The molecule has 2 saturated carbocycles. The third-order valence-corrected chi connectivity index (χ3v) is 7.18. The van der Waals surface area contributed by atoms with E-state index in [0.717, 1.165) is 0 Å². The van der Waals surface area contributed by atoms with Gasteiger partial charge in [-0.05, 0) is 45.4 Å². The Morgan fingerprint density at radius 2 is 1.97 bits per heavy atom. The largest absolute Gasteiger partial charge is 0.481 e. The Morgan fingerprint density at radius 3 is 2.47 bits per heavy atom. The van der Waals surface area contributed by atoms with Crippen molar-refractivity contribution < 1.29 is 34.1 Å². The van der Waals surface area contributed by atoms with Gasteiger partial charge in [-0.25, -0.2) is 14.6 Å². The molecular formula is C21H31N5O7S. The number of amides is 2. The van der Waals surface area contributed by atoms with E-state index in [1.807, 2.05) is 13.8 Å². The Hall–Kier alpha value is -2.83. The fourth-order valence-electron chi connectivity index (χ4n) is 4.73. The van der Waals surface area contributed by atoms with Gasteiger partial charge in [-0.2, -0.15) is 5.10 Å². The lowest BCUT2D eigenvalue weighted by atomic mass is 9.89. The number of nitrogens with zero attached hydrogens (tertiary/aromatic N) is 2. The smallest absolute Gasteiger partial charge is 0.408 e. The van der Waals surface area contributed by atoms with E-state index in [-0.39, 0.29) is 18.8 Å². The summed E-state index contributed by atoms with van der Waals surface area (Å²) in [5.41, 5.74) is -2.56. The normalized spacial score (nSPS) is 28.6. The average molecular weight is 498 g/mol. The molecule has 188 valence electrons. The lowest BCUT2D eigenvalue weighted by Crippen LogP contribution is -2.61. The predicted molar refractivity (Wildman–Crippen MR) is 120 cm³/mol. The predicted octanol–water partition coefficient (Wildman–Crippen LogP) is 1.49. The fraction of sp³-hybridized carbons (Fsp3) is 0.714. The maximum atomic E-state index is 13.3. The van der Waals surface area contributed by atoms with Gasteiger partial charge >= 0.3 is 18.0 Å². The minimum atomic E-state index is -1.78. The van der Waals surface area contributed by atoms with Crippen LogP contribution in [0.3, 0.4) is 0 Å². The monoisotopic (exact) mass is 497 g/mol. The van der Waals surface area contributed by atoms with Gasteiger partial charge in [0.2, 0.25) is 5.91 Å². The first-order chi connectivity index (χ1) is 15.7. The van der Waals surface area contributed by atoms with E-state index < -0.39 is 64.1 Å². The summed E-state index contributed by atoms with van der Waals surface area (Å²) in [6.07, 6.45) is 0.768. The molecule has 0 aromatic carbocycles. The number of alkyl carbamates (subject to hydrolysis) is 1. The minimum Gasteiger partial charge on any atom is -0.481 e. The number of fused-ring (bicyclic) bond motifs is 1. The number of nitrogens with one attached hydrogen (secondary N) is 3. The van der Waals surface area contributed by atoms with Crippen LogP contribution in [0.2, 0.25) is 0 Å². The lowest BCUT2D eigenvalue weighted by molar-refractivity contribution is -0.150. The molecular weight excluding hydrogens is 466 g/mol. The number of hydrogen-bond donors (Lipinski definition) is 5. The van der Waals surface area contributed by atoms with E-state index in [9.17, 15) is 29.4 Å². The van der Waals surface area contributed by atoms with Crippen molar-refractivity contribution in [2.24, 2.45) is 23.7 Å². The average Bonchev–Trinajstić information content (AvgIpc) is 3.08. The highest BCUT2D eigenvalue weighted by atomic mass is 32.2. The molecule has 2 aliphatic rings. The highest BCUT2D eigenvalue weighted by Gasteiger charge is 2.76. The fourth-order valence-corrected chi connectivity index (χ4v) is 6.07. The number of thioether (sulfide) groups is 1. The molecule has 5 N–H and O–H groups in total. The summed E-state index contributed by atoms with van der Waals surface area (Å²) in [7, 11) is 0. The number of aromatic nitrogens is 3. The third kappa shape index (κ3) is 5.45. The number of ether oxygens (including phenoxy) is 1. The molecule has 13 heteroatoms. The number of aliphatic carboxylic acids is 2. The van der Waals surface area contributed by atoms with Gasteiger partial charge in [0.25, 0.3) is 0 Å². The maximum Gasteiger partial charge on any atom is 0.408 e. The lowest BCUT2D eigenvalue weighted by Gasteiger charge is -2.32. The van der Waals surface area contributed by atoms with Crippen molar-refractivity contribution in [3.8, 4) is 0 Å². The highest BCUT2D eigenvalue weighted by Crippen LogP contribution is 2.65. The van der Waals surface area contributed by atoms with Crippen molar-refractivity contribution in [1.29, 1.82) is 0 Å². The summed E-state index contributed by atoms with van der Waals surface area (Å²) in [5, 5.41) is 31.5. The van der Waals surface area contributed by atoms with Gasteiger partial charge in [-0.3, -0.25) is 14.7 Å². The molecule has 6 atom stereocenters. The molecule has 0 aliphatic heterocycles. The molecule has 34 heavy (non-hydrogen) atoms. The number of carboxylic acid groups (broad SMARTS) is 2. The molecule has 2 aliphatic carbocycles. The second-order valence-corrected chi connectivity index (χ2v) is 11.4. The number of aromatic amines is 1. The molecule has 0 unspecified atom stereocenters. The first-order valence-electron chi connectivity index (χ1n) is 11.0. The molecule has 0 bridgehead atoms. The Balaban J connectivity index is 1.83. The first-order valence-corrected chi connectivity index (χ1v) is 11.9. The van der Waals surface area contributed by atoms with Crippen molar-refractivity contribution in [3.63, 3.8) is 0 Å². The van der Waals surface area contributed by atoms with E-state index in [4.69, 9.17) is 4.74 Å². The highest BCUT2D eigenvalue weighted by molar-refractivity contribution is 7.99. The van der Waals surface area contributed by atoms with Crippen LogP contribution in [-0.4, -0.2) is 71.8 Å². The molecule has 2 fully saturated rings. The summed E-state index contributed by atoms with van der Waals surface area (Å²) >= 11 is 1.21. The van der Waals surface area contributed by atoms with Crippen LogP contribution >= 0.6 is 11.8 Å². The summed E-state index contributed by atoms with van der Waals surface area (Å²) in [5.74, 6) is -5.25. The number of carboxylic acids is 2. The number of rotatable bonds is 9. The summed E-state index contributed by atoms with van der Waals surface area (Å²) < 4.78 is 5.25.